The van der Waals surface area contributed by atoms with Crippen LogP contribution in [0, 0.1) is 0 Å². The van der Waals surface area contributed by atoms with Gasteiger partial charge in [-0.2, -0.15) is 5.01 Å². The number of phenols is 1. The van der Waals surface area contributed by atoms with E-state index in [0.717, 1.165) is 16.8 Å². The lowest BCUT2D eigenvalue weighted by Crippen LogP contribution is -2.44. The third-order valence-corrected chi connectivity index (χ3v) is 5.52. The maximum absolute atomic E-state index is 12.6. The summed E-state index contributed by atoms with van der Waals surface area (Å²) in [6, 6.07) is 11.8. The molecule has 0 radical (unpaired) electrons. The number of aromatic hydroxyl groups is 1. The van der Waals surface area contributed by atoms with E-state index in [2.05, 4.69) is 21.4 Å². The number of amides is 2. The number of thiocarbonyl (C=S) groups is 1. The predicted molar refractivity (Wildman–Crippen MR) is 111 cm³/mol. The van der Waals surface area contributed by atoms with Crippen molar-refractivity contribution in [3.8, 4) is 11.5 Å². The SMILES string of the molecule is COc1cc(C=C2SC(=S)N(NC(=O)c3ccccc3)C2=O)cc(Br)c1O. The summed E-state index contributed by atoms with van der Waals surface area (Å²) in [7, 11) is 1.43. The van der Waals surface area contributed by atoms with Crippen molar-refractivity contribution < 1.29 is 19.4 Å². The Morgan fingerprint density at radius 2 is 2.04 bits per heavy atom. The molecule has 0 spiro atoms. The molecule has 0 unspecified atom stereocenters. The smallest absolute Gasteiger partial charge is 0.285 e. The average molecular weight is 465 g/mol. The minimum Gasteiger partial charge on any atom is -0.503 e. The Kier molecular flexibility index (Phi) is 5.83. The van der Waals surface area contributed by atoms with E-state index < -0.39 is 11.8 Å². The van der Waals surface area contributed by atoms with Crippen LogP contribution in [0.3, 0.4) is 0 Å². The van der Waals surface area contributed by atoms with Gasteiger partial charge in [0.1, 0.15) is 0 Å². The van der Waals surface area contributed by atoms with E-state index in [9.17, 15) is 14.7 Å². The average Bonchev–Trinajstić information content (AvgIpc) is 2.92. The Balaban J connectivity index is 1.83. The molecular weight excluding hydrogens is 452 g/mol. The molecule has 2 N–H and O–H groups in total. The van der Waals surface area contributed by atoms with Crippen LogP contribution in [0.15, 0.2) is 51.8 Å². The van der Waals surface area contributed by atoms with Gasteiger partial charge in [0, 0.05) is 5.56 Å². The first-order valence-corrected chi connectivity index (χ1v) is 9.63. The van der Waals surface area contributed by atoms with Crippen LogP contribution in [0.1, 0.15) is 15.9 Å². The molecule has 0 aliphatic carbocycles. The lowest BCUT2D eigenvalue weighted by atomic mass is 10.2. The highest BCUT2D eigenvalue weighted by atomic mass is 79.9. The topological polar surface area (TPSA) is 78.9 Å². The zero-order valence-corrected chi connectivity index (χ0v) is 17.2. The highest BCUT2D eigenvalue weighted by Gasteiger charge is 2.33. The molecule has 27 heavy (non-hydrogen) atoms. The molecule has 0 bridgehead atoms. The second-order valence-electron chi connectivity index (χ2n) is 5.38. The van der Waals surface area contributed by atoms with E-state index in [1.54, 1.807) is 48.5 Å². The van der Waals surface area contributed by atoms with E-state index in [4.69, 9.17) is 17.0 Å². The first-order valence-electron chi connectivity index (χ1n) is 7.61. The van der Waals surface area contributed by atoms with Crippen molar-refractivity contribution in [2.24, 2.45) is 0 Å². The molecule has 1 fully saturated rings. The van der Waals surface area contributed by atoms with E-state index in [1.165, 1.54) is 7.11 Å². The van der Waals surface area contributed by atoms with Crippen LogP contribution >= 0.6 is 39.9 Å². The fourth-order valence-corrected chi connectivity index (χ4v) is 3.94. The van der Waals surface area contributed by atoms with E-state index in [1.807, 2.05) is 0 Å². The van der Waals surface area contributed by atoms with Gasteiger partial charge in [-0.1, -0.05) is 30.0 Å². The lowest BCUT2D eigenvalue weighted by Gasteiger charge is -2.15. The molecule has 1 aliphatic rings. The molecular formula is C18H13BrN2O4S2. The predicted octanol–water partition coefficient (Wildman–Crippen LogP) is 3.71. The maximum Gasteiger partial charge on any atom is 0.285 e. The number of hydrogen-bond donors (Lipinski definition) is 2. The van der Waals surface area contributed by atoms with Gasteiger partial charge >= 0.3 is 0 Å². The highest BCUT2D eigenvalue weighted by molar-refractivity contribution is 9.10. The number of hydrogen-bond acceptors (Lipinski definition) is 6. The van der Waals surface area contributed by atoms with Gasteiger partial charge in [0.25, 0.3) is 11.8 Å². The molecule has 0 saturated carbocycles. The number of hydrazine groups is 1. The number of halogens is 1. The standard InChI is InChI=1S/C18H13BrN2O4S2/c1-25-13-8-10(7-12(19)15(13)22)9-14-17(24)21(18(26)27-14)20-16(23)11-5-3-2-4-6-11/h2-9,22H,1H3,(H,20,23). The van der Waals surface area contributed by atoms with Gasteiger partial charge < -0.3 is 9.84 Å². The summed E-state index contributed by atoms with van der Waals surface area (Å²) in [6.07, 6.45) is 1.61. The van der Waals surface area contributed by atoms with Gasteiger partial charge in [-0.05, 0) is 64.1 Å². The largest absolute Gasteiger partial charge is 0.503 e. The van der Waals surface area contributed by atoms with Crippen LogP contribution in [0.5, 0.6) is 11.5 Å². The number of ether oxygens (including phenoxy) is 1. The maximum atomic E-state index is 12.6. The molecule has 9 heteroatoms. The Morgan fingerprint density at radius 1 is 1.33 bits per heavy atom. The van der Waals surface area contributed by atoms with Gasteiger partial charge in [-0.25, -0.2) is 0 Å². The summed E-state index contributed by atoms with van der Waals surface area (Å²) >= 11 is 9.53. The molecule has 2 aromatic rings. The second kappa shape index (κ2) is 8.12. The summed E-state index contributed by atoms with van der Waals surface area (Å²) in [6.45, 7) is 0. The molecule has 0 atom stereocenters. The third-order valence-electron chi connectivity index (χ3n) is 3.61. The van der Waals surface area contributed by atoms with Crippen molar-refractivity contribution >= 4 is 62.1 Å². The minimum atomic E-state index is -0.433. The number of rotatable bonds is 4. The van der Waals surface area contributed by atoms with Crippen molar-refractivity contribution in [1.82, 2.24) is 10.4 Å². The van der Waals surface area contributed by atoms with Crippen molar-refractivity contribution in [2.45, 2.75) is 0 Å². The van der Waals surface area contributed by atoms with Crippen molar-refractivity contribution in [2.75, 3.05) is 7.11 Å². The Morgan fingerprint density at radius 3 is 2.70 bits per heavy atom. The van der Waals surface area contributed by atoms with Gasteiger partial charge in [-0.3, -0.25) is 15.0 Å². The molecule has 1 saturated heterocycles. The number of thioether (sulfide) groups is 1. The van der Waals surface area contributed by atoms with E-state index in [0.29, 0.717) is 20.5 Å². The van der Waals surface area contributed by atoms with Crippen molar-refractivity contribution in [3.05, 3.63) is 63.0 Å². The second-order valence-corrected chi connectivity index (χ2v) is 7.91. The van der Waals surface area contributed by atoms with Crippen molar-refractivity contribution in [3.63, 3.8) is 0 Å². The first kappa shape index (κ1) is 19.4. The van der Waals surface area contributed by atoms with Crippen LogP contribution in [0.4, 0.5) is 0 Å². The monoisotopic (exact) mass is 464 g/mol. The molecule has 3 rings (SSSR count). The number of nitrogens with one attached hydrogen (secondary N) is 1. The summed E-state index contributed by atoms with van der Waals surface area (Å²) in [5.41, 5.74) is 3.57. The number of methoxy groups -OCH3 is 1. The Bertz CT molecular complexity index is 963. The quantitative estimate of drug-likeness (QED) is 0.530. The number of carbonyl (C=O) groups excluding carboxylic acids is 2. The van der Waals surface area contributed by atoms with Gasteiger partial charge in [-0.15, -0.1) is 0 Å². The molecule has 2 aromatic carbocycles. The fraction of sp³-hybridized carbons (Fsp3) is 0.0556. The molecule has 1 heterocycles. The van der Waals surface area contributed by atoms with Crippen LogP contribution in [0.2, 0.25) is 0 Å². The molecule has 2 amide bonds. The summed E-state index contributed by atoms with van der Waals surface area (Å²) < 4.78 is 5.76. The minimum absolute atomic E-state index is 0.0303. The highest BCUT2D eigenvalue weighted by Crippen LogP contribution is 2.37. The van der Waals surface area contributed by atoms with Gasteiger partial charge in [0.05, 0.1) is 16.5 Å². The number of benzene rings is 2. The number of nitrogens with zero attached hydrogens (tertiary/aromatic N) is 1. The van der Waals surface area contributed by atoms with E-state index >= 15 is 0 Å². The molecule has 138 valence electrons. The zero-order valence-electron chi connectivity index (χ0n) is 13.9. The van der Waals surface area contributed by atoms with Crippen LogP contribution in [-0.4, -0.2) is 33.4 Å². The van der Waals surface area contributed by atoms with Crippen LogP contribution in [0.25, 0.3) is 6.08 Å². The van der Waals surface area contributed by atoms with E-state index in [-0.39, 0.29) is 15.8 Å². The fourth-order valence-electron chi connectivity index (χ4n) is 2.30. The van der Waals surface area contributed by atoms with Gasteiger partial charge in [0.15, 0.2) is 15.8 Å². The third kappa shape index (κ3) is 4.15. The molecule has 0 aromatic heterocycles. The Labute approximate surface area is 173 Å². The zero-order chi connectivity index (χ0) is 19.6. The number of phenolic OH excluding ortho intramolecular Hbond substituents is 1. The Hall–Kier alpha value is -2.36. The normalized spacial score (nSPS) is 15.3. The van der Waals surface area contributed by atoms with Crippen molar-refractivity contribution in [1.29, 1.82) is 0 Å². The molecule has 6 nitrogen and oxygen atoms in total. The van der Waals surface area contributed by atoms with Crippen LogP contribution < -0.4 is 10.2 Å². The summed E-state index contributed by atoms with van der Waals surface area (Å²) in [4.78, 5) is 25.3. The first-order chi connectivity index (χ1) is 12.9. The summed E-state index contributed by atoms with van der Waals surface area (Å²) in [5, 5.41) is 10.9. The van der Waals surface area contributed by atoms with Crippen LogP contribution in [-0.2, 0) is 4.79 Å². The van der Waals surface area contributed by atoms with Gasteiger partial charge in [0.2, 0.25) is 0 Å². The number of carbonyl (C=O) groups is 2. The summed E-state index contributed by atoms with van der Waals surface area (Å²) in [5.74, 6) is -0.625. The lowest BCUT2D eigenvalue weighted by molar-refractivity contribution is -0.123. The molecule has 1 aliphatic heterocycles.